The molecule has 2 saturated carbocycles. The Kier molecular flexibility index (Phi) is 14.1. The number of hydrogen-bond donors (Lipinski definition) is 3. The molecule has 6 rings (SSSR count). The molecule has 282 valence electrons. The lowest BCUT2D eigenvalue weighted by atomic mass is 9.89. The van der Waals surface area contributed by atoms with Crippen LogP contribution in [0.5, 0.6) is 0 Å². The second kappa shape index (κ2) is 17.8. The summed E-state index contributed by atoms with van der Waals surface area (Å²) in [4.78, 5) is 38.9. The molecule has 10 nitrogen and oxygen atoms in total. The van der Waals surface area contributed by atoms with Crippen molar-refractivity contribution in [3.63, 3.8) is 0 Å². The Bertz CT molecular complexity index is 1460. The minimum atomic E-state index is -0.339. The number of likely N-dealkylation sites (tertiary alicyclic amines) is 2. The first kappa shape index (κ1) is 40.3. The van der Waals surface area contributed by atoms with E-state index in [1.165, 1.54) is 76.5 Å². The third-order valence-corrected chi connectivity index (χ3v) is 12.2. The van der Waals surface area contributed by atoms with Gasteiger partial charge in [0.2, 0.25) is 11.8 Å². The van der Waals surface area contributed by atoms with Gasteiger partial charge < -0.3 is 26.2 Å². The van der Waals surface area contributed by atoms with Crippen LogP contribution in [-0.4, -0.2) is 78.9 Å². The van der Waals surface area contributed by atoms with Crippen LogP contribution >= 0.6 is 0 Å². The zero-order valence-electron chi connectivity index (χ0n) is 30.8. The normalized spacial score (nSPS) is 27.3. The Morgan fingerprint density at radius 3 is 1.57 bits per heavy atom. The maximum absolute atomic E-state index is 11.5. The molecule has 2 saturated heterocycles. The van der Waals surface area contributed by atoms with Crippen molar-refractivity contribution in [3.8, 4) is 0 Å². The lowest BCUT2D eigenvalue weighted by Gasteiger charge is -2.27. The number of hydrogen-bond acceptors (Lipinski definition) is 7. The molecule has 2 aromatic carbocycles. The summed E-state index contributed by atoms with van der Waals surface area (Å²) in [5, 5.41) is 17.2. The van der Waals surface area contributed by atoms with Crippen LogP contribution in [0.2, 0.25) is 0 Å². The van der Waals surface area contributed by atoms with E-state index in [9.17, 15) is 19.7 Å². The fourth-order valence-corrected chi connectivity index (χ4v) is 9.38. The molecule has 0 aromatic heterocycles. The molecule has 2 aliphatic carbocycles. The van der Waals surface area contributed by atoms with E-state index in [0.29, 0.717) is 30.2 Å². The van der Waals surface area contributed by atoms with Gasteiger partial charge in [0.15, 0.2) is 0 Å². The van der Waals surface area contributed by atoms with E-state index < -0.39 is 0 Å². The summed E-state index contributed by atoms with van der Waals surface area (Å²) in [6.07, 6.45) is 10.3. The van der Waals surface area contributed by atoms with Gasteiger partial charge in [-0.2, -0.15) is 0 Å². The van der Waals surface area contributed by atoms with Gasteiger partial charge in [-0.3, -0.25) is 19.7 Å². The van der Waals surface area contributed by atoms with Crippen LogP contribution < -0.4 is 16.4 Å². The number of benzene rings is 2. The summed E-state index contributed by atoms with van der Waals surface area (Å²) in [7, 11) is 0. The first-order valence-corrected chi connectivity index (χ1v) is 19.1. The second-order valence-electron chi connectivity index (χ2n) is 15.4. The van der Waals surface area contributed by atoms with Crippen LogP contribution in [0, 0.1) is 33.8 Å². The molecule has 2 amide bonds. The molecule has 4 aliphatic rings. The predicted octanol–water partition coefficient (Wildman–Crippen LogP) is 6.53. The lowest BCUT2D eigenvalue weighted by molar-refractivity contribution is -0.384. The van der Waals surface area contributed by atoms with Gasteiger partial charge in [-0.05, 0) is 72.9 Å². The first-order chi connectivity index (χ1) is 24.1. The van der Waals surface area contributed by atoms with E-state index in [4.69, 9.17) is 5.73 Å². The number of rotatable bonds is 17. The van der Waals surface area contributed by atoms with E-state index >= 15 is 0 Å². The molecule has 4 atom stereocenters. The van der Waals surface area contributed by atoms with Gasteiger partial charge in [-0.1, -0.05) is 84.1 Å². The number of nitrogens with zero attached hydrogens (tertiary/aromatic N) is 3. The smallest absolute Gasteiger partial charge is 0.269 e. The molecular formula is C41H64N6O4. The number of nitrogen functional groups attached to an aromatic ring is 1. The Hall–Kier alpha value is -3.50. The van der Waals surface area contributed by atoms with Crippen molar-refractivity contribution in [2.45, 2.75) is 97.3 Å². The molecule has 10 heteroatoms. The molecular weight excluding hydrogens is 640 g/mol. The number of amides is 2. The number of nitrogens with one attached hydrogen (secondary N) is 2. The van der Waals surface area contributed by atoms with Crippen molar-refractivity contribution in [2.75, 3.05) is 58.1 Å². The van der Waals surface area contributed by atoms with Crippen molar-refractivity contribution >= 4 is 23.2 Å². The summed E-state index contributed by atoms with van der Waals surface area (Å²) >= 11 is 0. The molecule has 4 unspecified atom stereocenters. The number of anilines is 1. The maximum atomic E-state index is 11.5. The fraction of sp³-hybridized carbons (Fsp3) is 0.659. The van der Waals surface area contributed by atoms with Gasteiger partial charge in [-0.25, -0.2) is 0 Å². The predicted molar refractivity (Wildman–Crippen MR) is 207 cm³/mol. The summed E-state index contributed by atoms with van der Waals surface area (Å²) < 4.78 is 0. The summed E-state index contributed by atoms with van der Waals surface area (Å²) in [6, 6.07) is 15.2. The highest BCUT2D eigenvalue weighted by Crippen LogP contribution is 2.64. The third kappa shape index (κ3) is 9.12. The minimum Gasteiger partial charge on any atom is -0.399 e. The summed E-state index contributed by atoms with van der Waals surface area (Å²) in [5.41, 5.74) is 9.22. The van der Waals surface area contributed by atoms with Crippen LogP contribution in [0.1, 0.15) is 97.6 Å². The molecule has 51 heavy (non-hydrogen) atoms. The van der Waals surface area contributed by atoms with Crippen molar-refractivity contribution < 1.29 is 14.5 Å². The number of unbranched alkanes of at least 4 members (excludes halogenated alkanes) is 6. The van der Waals surface area contributed by atoms with Gasteiger partial charge in [-0.15, -0.1) is 0 Å². The number of piperidine rings is 2. The van der Waals surface area contributed by atoms with Crippen LogP contribution in [0.3, 0.4) is 0 Å². The first-order valence-electron chi connectivity index (χ1n) is 19.1. The van der Waals surface area contributed by atoms with Crippen LogP contribution in [0.25, 0.3) is 0 Å². The molecule has 4 N–H and O–H groups in total. The van der Waals surface area contributed by atoms with E-state index in [1.807, 2.05) is 18.2 Å². The van der Waals surface area contributed by atoms with Gasteiger partial charge in [0, 0.05) is 81.8 Å². The van der Waals surface area contributed by atoms with E-state index in [-0.39, 0.29) is 40.7 Å². The summed E-state index contributed by atoms with van der Waals surface area (Å²) in [5.74, 6) is 2.26. The second-order valence-corrected chi connectivity index (χ2v) is 15.4. The standard InChI is InChI=1S/C20H29N3O3.C20H31N3O.CH4/c1-3-4-5-6-10-22-12-18-19(13-22)20(18,14-21-15(2)24)16-8-7-9-17(11-16)23(25)26;1-3-4-5-6-10-23-12-18-19(13-23)20(18,14-22-15(2)24)16-8-7-9-17(21)11-16;/h7-9,11,18-19H,3-6,10,12-14H2,1-2H3,(H,21,24);7-9,11,18-19H,3-6,10,12-14,21H2,1-2H3,(H,22,24);1H4. The largest absolute Gasteiger partial charge is 0.399 e. The van der Waals surface area contributed by atoms with Gasteiger partial charge >= 0.3 is 0 Å². The van der Waals surface area contributed by atoms with Crippen molar-refractivity contribution in [1.82, 2.24) is 20.4 Å². The van der Waals surface area contributed by atoms with Crippen LogP contribution in [0.15, 0.2) is 48.5 Å². The topological polar surface area (TPSA) is 134 Å². The van der Waals surface area contributed by atoms with Crippen LogP contribution in [-0.2, 0) is 20.4 Å². The molecule has 0 radical (unpaired) electrons. The SMILES string of the molecule is C.CCCCCCN1CC2C(C1)C2(CNC(C)=O)c1cccc(N)c1.CCCCCCN1CC2C(C1)C2(CNC(C)=O)c1cccc([N+](=O)[O-])c1. The monoisotopic (exact) mass is 704 g/mol. The number of non-ortho nitro benzene ring substituents is 1. The minimum absolute atomic E-state index is 0. The highest BCUT2D eigenvalue weighted by atomic mass is 16.6. The zero-order valence-corrected chi connectivity index (χ0v) is 30.8. The lowest BCUT2D eigenvalue weighted by Crippen LogP contribution is -2.38. The van der Waals surface area contributed by atoms with Gasteiger partial charge in [0.25, 0.3) is 5.69 Å². The molecule has 2 aliphatic heterocycles. The average Bonchev–Trinajstić information content (AvgIpc) is 3.65. The maximum Gasteiger partial charge on any atom is 0.269 e. The van der Waals surface area contributed by atoms with Crippen molar-refractivity contribution in [1.29, 1.82) is 0 Å². The van der Waals surface area contributed by atoms with Crippen LogP contribution in [0.4, 0.5) is 11.4 Å². The average molecular weight is 705 g/mol. The zero-order chi connectivity index (χ0) is 35.9. The number of nitro benzene ring substituents is 1. The molecule has 2 heterocycles. The number of fused-ring (bicyclic) bond motifs is 2. The van der Waals surface area contributed by atoms with E-state index in [0.717, 1.165) is 50.5 Å². The van der Waals surface area contributed by atoms with E-state index in [1.54, 1.807) is 19.1 Å². The molecule has 0 spiro atoms. The number of carbonyl (C=O) groups is 2. The van der Waals surface area contributed by atoms with E-state index in [2.05, 4.69) is 46.4 Å². The Morgan fingerprint density at radius 2 is 1.18 bits per heavy atom. The van der Waals surface area contributed by atoms with Crippen molar-refractivity contribution in [3.05, 3.63) is 69.8 Å². The number of nitro groups is 1. The Labute approximate surface area is 306 Å². The van der Waals surface area contributed by atoms with Gasteiger partial charge in [0.05, 0.1) is 4.92 Å². The highest BCUT2D eigenvalue weighted by Gasteiger charge is 2.69. The molecule has 0 bridgehead atoms. The Morgan fingerprint density at radius 1 is 0.745 bits per heavy atom. The number of carbonyl (C=O) groups excluding carboxylic acids is 2. The molecule has 2 aromatic rings. The third-order valence-electron chi connectivity index (χ3n) is 12.2. The fourth-order valence-electron chi connectivity index (χ4n) is 9.38. The van der Waals surface area contributed by atoms with Gasteiger partial charge in [0.1, 0.15) is 0 Å². The Balaban J connectivity index is 0.000000225. The quantitative estimate of drug-likeness (QED) is 0.0738. The summed E-state index contributed by atoms with van der Waals surface area (Å²) in [6.45, 7) is 15.7. The highest BCUT2D eigenvalue weighted by molar-refractivity contribution is 5.73. The number of nitrogens with two attached hydrogens (primary N) is 1. The molecule has 4 fully saturated rings. The van der Waals surface area contributed by atoms with Crippen molar-refractivity contribution in [2.24, 2.45) is 23.7 Å².